The van der Waals surface area contributed by atoms with Crippen molar-refractivity contribution in [3.8, 4) is 0 Å². The Hall–Kier alpha value is -2.22. The first-order valence-corrected chi connectivity index (χ1v) is 7.52. The molecule has 0 unspecified atom stereocenters. The molecule has 0 saturated carbocycles. The number of hydrogen-bond donors (Lipinski definition) is 3. The summed E-state index contributed by atoms with van der Waals surface area (Å²) in [5.74, 6) is 1.42. The smallest absolute Gasteiger partial charge is 0.255 e. The van der Waals surface area contributed by atoms with E-state index in [2.05, 4.69) is 30.7 Å². The maximum atomic E-state index is 12.5. The molecule has 0 spiro atoms. The standard InChI is InChI=1S/C14H20N6O2/c1-3-11-17-13(20-18-11)8(2)16-14(21)10-6-15-19-12(10)9-4-5-22-7-9/h6,8-9H,3-5,7H2,1-2H3,(H,15,19)(H,16,21)(H,17,18,20)/t8-,9+/m1/s1. The lowest BCUT2D eigenvalue weighted by Crippen LogP contribution is -2.28. The molecular formula is C14H20N6O2. The maximum absolute atomic E-state index is 12.5. The zero-order valence-corrected chi connectivity index (χ0v) is 12.7. The summed E-state index contributed by atoms with van der Waals surface area (Å²) in [7, 11) is 0. The number of aromatic nitrogens is 5. The molecule has 1 aliphatic heterocycles. The summed E-state index contributed by atoms with van der Waals surface area (Å²) in [6.45, 7) is 5.20. The van der Waals surface area contributed by atoms with Gasteiger partial charge in [-0.25, -0.2) is 4.98 Å². The van der Waals surface area contributed by atoms with Crippen molar-refractivity contribution in [3.05, 3.63) is 29.1 Å². The zero-order chi connectivity index (χ0) is 15.5. The summed E-state index contributed by atoms with van der Waals surface area (Å²) in [6, 6.07) is -0.272. The van der Waals surface area contributed by atoms with Crippen LogP contribution in [0.1, 0.15) is 59.9 Å². The third-order valence-electron chi connectivity index (χ3n) is 3.87. The molecular weight excluding hydrogens is 284 g/mol. The predicted octanol–water partition coefficient (Wildman–Crippen LogP) is 1.09. The van der Waals surface area contributed by atoms with Gasteiger partial charge in [0.05, 0.1) is 30.1 Å². The van der Waals surface area contributed by atoms with Gasteiger partial charge in [0.1, 0.15) is 5.82 Å². The summed E-state index contributed by atoms with van der Waals surface area (Å²) in [4.78, 5) is 16.8. The van der Waals surface area contributed by atoms with Gasteiger partial charge in [0.25, 0.3) is 5.91 Å². The highest BCUT2D eigenvalue weighted by Crippen LogP contribution is 2.26. The van der Waals surface area contributed by atoms with Gasteiger partial charge in [0.2, 0.25) is 0 Å². The number of hydrogen-bond acceptors (Lipinski definition) is 5. The Kier molecular flexibility index (Phi) is 4.19. The molecule has 2 aromatic heterocycles. The highest BCUT2D eigenvalue weighted by molar-refractivity contribution is 5.95. The van der Waals surface area contributed by atoms with Crippen LogP contribution in [0.2, 0.25) is 0 Å². The van der Waals surface area contributed by atoms with Crippen molar-refractivity contribution in [2.24, 2.45) is 0 Å². The van der Waals surface area contributed by atoms with E-state index in [-0.39, 0.29) is 17.9 Å². The molecule has 0 radical (unpaired) electrons. The largest absolute Gasteiger partial charge is 0.381 e. The maximum Gasteiger partial charge on any atom is 0.255 e. The van der Waals surface area contributed by atoms with Crippen molar-refractivity contribution in [1.29, 1.82) is 0 Å². The minimum atomic E-state index is -0.272. The van der Waals surface area contributed by atoms with Gasteiger partial charge >= 0.3 is 0 Å². The first-order chi connectivity index (χ1) is 10.7. The highest BCUT2D eigenvalue weighted by Gasteiger charge is 2.26. The first kappa shape index (κ1) is 14.7. The number of nitrogens with zero attached hydrogens (tertiary/aromatic N) is 3. The monoisotopic (exact) mass is 304 g/mol. The van der Waals surface area contributed by atoms with Crippen molar-refractivity contribution in [2.45, 2.75) is 38.6 Å². The molecule has 8 heteroatoms. The highest BCUT2D eigenvalue weighted by atomic mass is 16.5. The number of carbonyl (C=O) groups excluding carboxylic acids is 1. The van der Waals surface area contributed by atoms with Gasteiger partial charge < -0.3 is 10.1 Å². The fourth-order valence-electron chi connectivity index (χ4n) is 2.55. The fraction of sp³-hybridized carbons (Fsp3) is 0.571. The van der Waals surface area contributed by atoms with E-state index in [1.54, 1.807) is 6.20 Å². The molecule has 22 heavy (non-hydrogen) atoms. The molecule has 0 aliphatic carbocycles. The van der Waals surface area contributed by atoms with Crippen molar-refractivity contribution in [3.63, 3.8) is 0 Å². The van der Waals surface area contributed by atoms with Gasteiger partial charge in [-0.05, 0) is 13.3 Å². The minimum absolute atomic E-state index is 0.175. The number of carbonyl (C=O) groups is 1. The number of aromatic amines is 2. The van der Waals surface area contributed by atoms with E-state index in [1.165, 1.54) is 0 Å². The lowest BCUT2D eigenvalue weighted by atomic mass is 10.0. The van der Waals surface area contributed by atoms with Crippen LogP contribution >= 0.6 is 0 Å². The van der Waals surface area contributed by atoms with Gasteiger partial charge in [-0.3, -0.25) is 15.0 Å². The molecule has 1 fully saturated rings. The van der Waals surface area contributed by atoms with Gasteiger partial charge in [-0.15, -0.1) is 0 Å². The zero-order valence-electron chi connectivity index (χ0n) is 12.7. The number of ether oxygens (including phenoxy) is 1. The van der Waals surface area contributed by atoms with Crippen LogP contribution in [0.3, 0.4) is 0 Å². The quantitative estimate of drug-likeness (QED) is 0.766. The van der Waals surface area contributed by atoms with Gasteiger partial charge in [-0.1, -0.05) is 6.92 Å². The van der Waals surface area contributed by atoms with Gasteiger partial charge in [0, 0.05) is 18.9 Å². The SMILES string of the molecule is CCc1nc([C@@H](C)NC(=O)c2cn[nH]c2[C@H]2CCOC2)n[nH]1. The van der Waals surface area contributed by atoms with Crippen LogP contribution in [-0.2, 0) is 11.2 Å². The molecule has 1 aliphatic rings. The van der Waals surface area contributed by atoms with Crippen molar-refractivity contribution < 1.29 is 9.53 Å². The lowest BCUT2D eigenvalue weighted by molar-refractivity contribution is 0.0937. The topological polar surface area (TPSA) is 109 Å². The predicted molar refractivity (Wildman–Crippen MR) is 78.4 cm³/mol. The van der Waals surface area contributed by atoms with Crippen LogP contribution in [0.25, 0.3) is 0 Å². The van der Waals surface area contributed by atoms with E-state index in [4.69, 9.17) is 4.74 Å². The minimum Gasteiger partial charge on any atom is -0.381 e. The molecule has 0 aromatic carbocycles. The number of rotatable bonds is 5. The summed E-state index contributed by atoms with van der Waals surface area (Å²) in [5.41, 5.74) is 1.40. The van der Waals surface area contributed by atoms with Crippen molar-refractivity contribution >= 4 is 5.91 Å². The summed E-state index contributed by atoms with van der Waals surface area (Å²) in [6.07, 6.45) is 3.24. The Morgan fingerprint density at radius 2 is 2.41 bits per heavy atom. The normalized spacial score (nSPS) is 19.3. The Morgan fingerprint density at radius 1 is 1.55 bits per heavy atom. The Labute approximate surface area is 128 Å². The van der Waals surface area contributed by atoms with Crippen LogP contribution in [0.15, 0.2) is 6.20 Å². The second kappa shape index (κ2) is 6.27. The Balaban J connectivity index is 1.70. The third-order valence-corrected chi connectivity index (χ3v) is 3.87. The van der Waals surface area contributed by atoms with Crippen LogP contribution in [0, 0.1) is 0 Å². The summed E-state index contributed by atoms with van der Waals surface area (Å²) in [5, 5.41) is 16.8. The van der Waals surface area contributed by atoms with Gasteiger partial charge in [-0.2, -0.15) is 10.2 Å². The third kappa shape index (κ3) is 2.87. The van der Waals surface area contributed by atoms with Crippen LogP contribution < -0.4 is 5.32 Å². The van der Waals surface area contributed by atoms with Crippen LogP contribution in [0.4, 0.5) is 0 Å². The summed E-state index contributed by atoms with van der Waals surface area (Å²) >= 11 is 0. The molecule has 3 heterocycles. The molecule has 118 valence electrons. The van der Waals surface area contributed by atoms with E-state index >= 15 is 0 Å². The van der Waals surface area contributed by atoms with E-state index in [0.717, 1.165) is 31.0 Å². The van der Waals surface area contributed by atoms with Crippen molar-refractivity contribution in [1.82, 2.24) is 30.7 Å². The lowest BCUT2D eigenvalue weighted by Gasteiger charge is -2.12. The van der Waals surface area contributed by atoms with E-state index < -0.39 is 0 Å². The second-order valence-corrected chi connectivity index (χ2v) is 5.45. The number of H-pyrrole nitrogens is 2. The van der Waals surface area contributed by atoms with Gasteiger partial charge in [0.15, 0.2) is 5.82 Å². The molecule has 3 N–H and O–H groups in total. The molecule has 8 nitrogen and oxygen atoms in total. The van der Waals surface area contributed by atoms with Crippen LogP contribution in [0.5, 0.6) is 0 Å². The van der Waals surface area contributed by atoms with E-state index in [9.17, 15) is 4.79 Å². The average molecular weight is 304 g/mol. The fourth-order valence-corrected chi connectivity index (χ4v) is 2.55. The summed E-state index contributed by atoms with van der Waals surface area (Å²) < 4.78 is 5.38. The number of amides is 1. The molecule has 1 saturated heterocycles. The first-order valence-electron chi connectivity index (χ1n) is 7.52. The molecule has 2 atom stereocenters. The average Bonchev–Trinajstić information content (AvgIpc) is 3.25. The van der Waals surface area contributed by atoms with Crippen LogP contribution in [-0.4, -0.2) is 44.5 Å². The molecule has 1 amide bonds. The molecule has 3 rings (SSSR count). The van der Waals surface area contributed by atoms with E-state index in [1.807, 2.05) is 13.8 Å². The number of aryl methyl sites for hydroxylation is 1. The van der Waals surface area contributed by atoms with Crippen molar-refractivity contribution in [2.75, 3.05) is 13.2 Å². The second-order valence-electron chi connectivity index (χ2n) is 5.45. The van der Waals surface area contributed by atoms with E-state index in [0.29, 0.717) is 18.0 Å². The molecule has 0 bridgehead atoms. The Morgan fingerprint density at radius 3 is 3.09 bits per heavy atom. The molecule has 2 aromatic rings. The Bertz CT molecular complexity index is 643. The number of nitrogens with one attached hydrogen (secondary N) is 3.